The zero-order chi connectivity index (χ0) is 19.5. The van der Waals surface area contributed by atoms with Gasteiger partial charge in [0.2, 0.25) is 11.7 Å². The zero-order valence-corrected chi connectivity index (χ0v) is 16.2. The normalized spacial score (nSPS) is 16.4. The number of nitrogens with zero attached hydrogens (tertiary/aromatic N) is 3. The number of aryl methyl sites for hydroxylation is 2. The van der Waals surface area contributed by atoms with Crippen LogP contribution in [0.2, 0.25) is 0 Å². The van der Waals surface area contributed by atoms with Gasteiger partial charge in [-0.25, -0.2) is 4.79 Å². The van der Waals surface area contributed by atoms with Crippen LogP contribution >= 0.6 is 0 Å². The largest absolute Gasteiger partial charge is 0.337 e. The minimum Gasteiger partial charge on any atom is -0.337 e. The fraction of sp³-hybridized carbons (Fsp3) is 0.318. The van der Waals surface area contributed by atoms with Gasteiger partial charge >= 0.3 is 6.03 Å². The maximum atomic E-state index is 12.8. The number of urea groups is 1. The first-order valence-electron chi connectivity index (χ1n) is 9.71. The molecule has 0 spiro atoms. The number of rotatable bonds is 4. The predicted octanol–water partition coefficient (Wildman–Crippen LogP) is 4.98. The third-order valence-electron chi connectivity index (χ3n) is 5.10. The fourth-order valence-electron chi connectivity index (χ4n) is 3.60. The Bertz CT molecular complexity index is 982. The number of anilines is 1. The van der Waals surface area contributed by atoms with E-state index in [1.807, 2.05) is 49.4 Å². The molecule has 1 N–H and O–H groups in total. The summed E-state index contributed by atoms with van der Waals surface area (Å²) in [7, 11) is 0. The predicted molar refractivity (Wildman–Crippen MR) is 108 cm³/mol. The quantitative estimate of drug-likeness (QED) is 0.697. The molecule has 1 aromatic heterocycles. The smallest absolute Gasteiger partial charge is 0.322 e. The molecule has 144 valence electrons. The molecule has 0 bridgehead atoms. The van der Waals surface area contributed by atoms with Crippen LogP contribution in [-0.4, -0.2) is 27.6 Å². The molecular formula is C22H24N4O2. The fourth-order valence-corrected chi connectivity index (χ4v) is 3.60. The first-order chi connectivity index (χ1) is 13.6. The third kappa shape index (κ3) is 3.76. The molecule has 0 radical (unpaired) electrons. The Morgan fingerprint density at radius 3 is 2.93 bits per heavy atom. The molecule has 6 heteroatoms. The van der Waals surface area contributed by atoms with Crippen molar-refractivity contribution in [3.8, 4) is 11.4 Å². The number of nitrogens with one attached hydrogen (secondary N) is 1. The van der Waals surface area contributed by atoms with Gasteiger partial charge < -0.3 is 14.7 Å². The molecule has 0 aliphatic carbocycles. The highest BCUT2D eigenvalue weighted by Crippen LogP contribution is 2.32. The van der Waals surface area contributed by atoms with Crippen molar-refractivity contribution in [2.75, 3.05) is 11.9 Å². The number of carbonyl (C=O) groups is 1. The van der Waals surface area contributed by atoms with Crippen molar-refractivity contribution in [1.29, 1.82) is 0 Å². The van der Waals surface area contributed by atoms with E-state index in [-0.39, 0.29) is 12.1 Å². The van der Waals surface area contributed by atoms with Crippen LogP contribution in [0.5, 0.6) is 0 Å². The average Bonchev–Trinajstić information content (AvgIpc) is 3.37. The van der Waals surface area contributed by atoms with Crippen LogP contribution in [0.1, 0.15) is 42.8 Å². The number of likely N-dealkylation sites (tertiary alicyclic amines) is 1. The van der Waals surface area contributed by atoms with Gasteiger partial charge in [-0.1, -0.05) is 48.0 Å². The Morgan fingerprint density at radius 1 is 1.25 bits per heavy atom. The van der Waals surface area contributed by atoms with Crippen LogP contribution in [0, 0.1) is 6.92 Å². The van der Waals surface area contributed by atoms with Gasteiger partial charge in [-0.15, -0.1) is 0 Å². The van der Waals surface area contributed by atoms with Gasteiger partial charge in [0.05, 0.1) is 0 Å². The van der Waals surface area contributed by atoms with Crippen molar-refractivity contribution in [1.82, 2.24) is 15.0 Å². The van der Waals surface area contributed by atoms with E-state index in [1.165, 1.54) is 5.56 Å². The summed E-state index contributed by atoms with van der Waals surface area (Å²) in [6.45, 7) is 4.80. The molecule has 2 aromatic carbocycles. The van der Waals surface area contributed by atoms with Crippen LogP contribution in [0.4, 0.5) is 10.5 Å². The highest BCUT2D eigenvalue weighted by atomic mass is 16.5. The molecule has 1 unspecified atom stereocenters. The number of carbonyl (C=O) groups excluding carboxylic acids is 1. The molecule has 6 nitrogen and oxygen atoms in total. The van der Waals surface area contributed by atoms with Crippen LogP contribution in [-0.2, 0) is 6.42 Å². The van der Waals surface area contributed by atoms with Crippen LogP contribution < -0.4 is 5.32 Å². The molecular weight excluding hydrogens is 352 g/mol. The van der Waals surface area contributed by atoms with Crippen molar-refractivity contribution in [2.45, 2.75) is 39.2 Å². The Kier molecular flexibility index (Phi) is 5.10. The highest BCUT2D eigenvalue weighted by Gasteiger charge is 2.34. The SMILES string of the molecule is CCc1cccc(NC(=O)N2CCCC2c2nc(-c3cccc(C)c3)no2)c1. The second-order valence-corrected chi connectivity index (χ2v) is 7.16. The molecule has 0 saturated carbocycles. The highest BCUT2D eigenvalue weighted by molar-refractivity contribution is 5.89. The number of hydrogen-bond donors (Lipinski definition) is 1. The zero-order valence-electron chi connectivity index (χ0n) is 16.2. The topological polar surface area (TPSA) is 71.3 Å². The summed E-state index contributed by atoms with van der Waals surface area (Å²) in [5.74, 6) is 1.05. The van der Waals surface area contributed by atoms with E-state index in [0.717, 1.165) is 36.1 Å². The monoisotopic (exact) mass is 376 g/mol. The number of benzene rings is 2. The summed E-state index contributed by atoms with van der Waals surface area (Å²) in [6.07, 6.45) is 2.66. The Labute approximate surface area is 164 Å². The minimum atomic E-state index is -0.194. The first-order valence-corrected chi connectivity index (χ1v) is 9.71. The van der Waals surface area contributed by atoms with Gasteiger partial charge in [0.25, 0.3) is 0 Å². The van der Waals surface area contributed by atoms with E-state index in [9.17, 15) is 4.79 Å². The summed E-state index contributed by atoms with van der Waals surface area (Å²) < 4.78 is 5.53. The second-order valence-electron chi connectivity index (χ2n) is 7.16. The lowest BCUT2D eigenvalue weighted by Gasteiger charge is -2.22. The molecule has 2 amide bonds. The Balaban J connectivity index is 1.51. The Hall–Kier alpha value is -3.15. The Morgan fingerprint density at radius 2 is 2.11 bits per heavy atom. The molecule has 1 saturated heterocycles. The summed E-state index contributed by atoms with van der Waals surface area (Å²) in [4.78, 5) is 19.2. The van der Waals surface area contributed by atoms with Crippen molar-refractivity contribution in [3.05, 3.63) is 65.5 Å². The molecule has 1 aliphatic heterocycles. The first kappa shape index (κ1) is 18.2. The molecule has 1 fully saturated rings. The second kappa shape index (κ2) is 7.84. The minimum absolute atomic E-state index is 0.133. The molecule has 28 heavy (non-hydrogen) atoms. The standard InChI is InChI=1S/C22H24N4O2/c1-3-16-8-5-10-18(14-16)23-22(27)26-12-6-11-19(26)21-24-20(25-28-21)17-9-4-7-15(2)13-17/h4-5,7-10,13-14,19H,3,6,11-12H2,1-2H3,(H,23,27). The lowest BCUT2D eigenvalue weighted by molar-refractivity contribution is 0.193. The number of hydrogen-bond acceptors (Lipinski definition) is 4. The molecule has 4 rings (SSSR count). The van der Waals surface area contributed by atoms with E-state index in [2.05, 4.69) is 28.4 Å². The molecule has 3 aromatic rings. The number of amides is 2. The molecule has 1 atom stereocenters. The summed E-state index contributed by atoms with van der Waals surface area (Å²) in [5, 5.41) is 7.13. The number of aromatic nitrogens is 2. The van der Waals surface area contributed by atoms with Crippen LogP contribution in [0.25, 0.3) is 11.4 Å². The van der Waals surface area contributed by atoms with Crippen LogP contribution in [0.15, 0.2) is 53.1 Å². The van der Waals surface area contributed by atoms with Gasteiger partial charge in [0.1, 0.15) is 6.04 Å². The van der Waals surface area contributed by atoms with E-state index < -0.39 is 0 Å². The maximum Gasteiger partial charge on any atom is 0.322 e. The van der Waals surface area contributed by atoms with Gasteiger partial charge in [0, 0.05) is 17.8 Å². The van der Waals surface area contributed by atoms with Crippen molar-refractivity contribution >= 4 is 11.7 Å². The van der Waals surface area contributed by atoms with E-state index in [1.54, 1.807) is 4.90 Å². The van der Waals surface area contributed by atoms with Gasteiger partial charge in [-0.3, -0.25) is 0 Å². The lowest BCUT2D eigenvalue weighted by atomic mass is 10.1. The third-order valence-corrected chi connectivity index (χ3v) is 5.10. The van der Waals surface area contributed by atoms with Crippen molar-refractivity contribution in [3.63, 3.8) is 0 Å². The van der Waals surface area contributed by atoms with Gasteiger partial charge in [0.15, 0.2) is 0 Å². The summed E-state index contributed by atoms with van der Waals surface area (Å²) in [6, 6.07) is 15.6. The molecule has 2 heterocycles. The van der Waals surface area contributed by atoms with Gasteiger partial charge in [-0.05, 0) is 49.9 Å². The molecule has 1 aliphatic rings. The van der Waals surface area contributed by atoms with Crippen molar-refractivity contribution in [2.24, 2.45) is 0 Å². The van der Waals surface area contributed by atoms with Crippen molar-refractivity contribution < 1.29 is 9.32 Å². The summed E-state index contributed by atoms with van der Waals surface area (Å²) >= 11 is 0. The van der Waals surface area contributed by atoms with E-state index in [4.69, 9.17) is 4.52 Å². The van der Waals surface area contributed by atoms with Crippen LogP contribution in [0.3, 0.4) is 0 Å². The van der Waals surface area contributed by atoms with E-state index in [0.29, 0.717) is 18.3 Å². The van der Waals surface area contributed by atoms with E-state index >= 15 is 0 Å². The van der Waals surface area contributed by atoms with Gasteiger partial charge in [-0.2, -0.15) is 4.98 Å². The average molecular weight is 376 g/mol. The lowest BCUT2D eigenvalue weighted by Crippen LogP contribution is -2.34. The summed E-state index contributed by atoms with van der Waals surface area (Å²) in [5.41, 5.74) is 4.05. The maximum absolute atomic E-state index is 12.8.